The smallest absolute Gasteiger partial charge is 0.221 e. The van der Waals surface area contributed by atoms with Gasteiger partial charge in [0.25, 0.3) is 0 Å². The Hall–Kier alpha value is -3.10. The lowest BCUT2D eigenvalue weighted by atomic mass is 9.98. The quantitative estimate of drug-likeness (QED) is 0.487. The van der Waals surface area contributed by atoms with Crippen LogP contribution in [0.1, 0.15) is 18.1 Å². The number of benzene rings is 1. The molecule has 0 saturated carbocycles. The van der Waals surface area contributed by atoms with E-state index in [1.165, 1.54) is 18.1 Å². The number of fused-ring (bicyclic) bond motifs is 1. The van der Waals surface area contributed by atoms with Crippen molar-refractivity contribution in [3.05, 3.63) is 71.3 Å². The van der Waals surface area contributed by atoms with Gasteiger partial charge in [0.2, 0.25) is 5.91 Å². The molecule has 1 aliphatic heterocycles. The molecule has 1 N–H and O–H groups in total. The number of allylic oxidation sites excluding steroid dienone is 1. The third kappa shape index (κ3) is 4.10. The monoisotopic (exact) mass is 420 g/mol. The van der Waals surface area contributed by atoms with E-state index in [9.17, 15) is 4.79 Å². The molecule has 1 amide bonds. The topological polar surface area (TPSA) is 68.0 Å². The minimum absolute atomic E-state index is 0.0483. The maximum absolute atomic E-state index is 11.5. The largest absolute Gasteiger partial charge is 0.326 e. The highest BCUT2D eigenvalue weighted by Crippen LogP contribution is 2.27. The van der Waals surface area contributed by atoms with E-state index in [0.717, 1.165) is 36.6 Å². The minimum Gasteiger partial charge on any atom is -0.326 e. The zero-order valence-electron chi connectivity index (χ0n) is 16.9. The number of nitrogens with one attached hydrogen (secondary N) is 1. The van der Waals surface area contributed by atoms with E-state index in [4.69, 9.17) is 17.3 Å². The predicted octanol–water partition coefficient (Wildman–Crippen LogP) is 3.64. The molecule has 0 spiro atoms. The van der Waals surface area contributed by atoms with E-state index in [2.05, 4.69) is 27.8 Å². The summed E-state index contributed by atoms with van der Waals surface area (Å²) in [4.78, 5) is 18.0. The molecule has 0 bridgehead atoms. The SMILES string of the molecule is C=CCn1c(-c2cccnc2)nn(CN2CCc3c(cccc3NC(C)=O)C2)c1=S. The molecule has 0 atom stereocenters. The van der Waals surface area contributed by atoms with E-state index in [1.807, 2.05) is 39.6 Å². The highest BCUT2D eigenvalue weighted by molar-refractivity contribution is 7.71. The molecule has 30 heavy (non-hydrogen) atoms. The first-order valence-electron chi connectivity index (χ1n) is 9.86. The number of nitrogens with zero attached hydrogens (tertiary/aromatic N) is 5. The average molecular weight is 421 g/mol. The van der Waals surface area contributed by atoms with E-state index in [0.29, 0.717) is 18.0 Å². The van der Waals surface area contributed by atoms with E-state index >= 15 is 0 Å². The number of hydrogen-bond acceptors (Lipinski definition) is 5. The van der Waals surface area contributed by atoms with Crippen LogP contribution in [0.3, 0.4) is 0 Å². The molecule has 0 unspecified atom stereocenters. The van der Waals surface area contributed by atoms with Crippen LogP contribution in [0, 0.1) is 4.77 Å². The number of hydrogen-bond donors (Lipinski definition) is 1. The number of carbonyl (C=O) groups is 1. The van der Waals surface area contributed by atoms with Crippen LogP contribution in [0.5, 0.6) is 0 Å². The second-order valence-corrected chi connectivity index (χ2v) is 7.68. The third-order valence-electron chi connectivity index (χ3n) is 5.14. The first kappa shape index (κ1) is 20.2. The molecule has 0 aliphatic carbocycles. The second kappa shape index (κ2) is 8.73. The number of carbonyl (C=O) groups excluding carboxylic acids is 1. The van der Waals surface area contributed by atoms with Crippen LogP contribution in [0.25, 0.3) is 11.4 Å². The van der Waals surface area contributed by atoms with Crippen LogP contribution < -0.4 is 5.32 Å². The average Bonchev–Trinajstić information content (AvgIpc) is 3.04. The Morgan fingerprint density at radius 1 is 1.33 bits per heavy atom. The van der Waals surface area contributed by atoms with Crippen LogP contribution in [-0.4, -0.2) is 36.7 Å². The molecule has 0 fully saturated rings. The van der Waals surface area contributed by atoms with Crippen molar-refractivity contribution in [2.75, 3.05) is 11.9 Å². The first-order valence-corrected chi connectivity index (χ1v) is 10.3. The van der Waals surface area contributed by atoms with Crippen LogP contribution in [0.2, 0.25) is 0 Å². The lowest BCUT2D eigenvalue weighted by Crippen LogP contribution is -2.33. The first-order chi connectivity index (χ1) is 14.6. The van der Waals surface area contributed by atoms with Gasteiger partial charge in [-0.3, -0.25) is 19.2 Å². The molecule has 1 aliphatic rings. The summed E-state index contributed by atoms with van der Waals surface area (Å²) in [5, 5.41) is 7.73. The fraction of sp³-hybridized carbons (Fsp3) is 0.273. The molecule has 154 valence electrons. The van der Waals surface area contributed by atoms with Crippen LogP contribution >= 0.6 is 12.2 Å². The van der Waals surface area contributed by atoms with Crippen molar-refractivity contribution in [2.45, 2.75) is 33.1 Å². The summed E-state index contributed by atoms with van der Waals surface area (Å²) in [6, 6.07) is 9.93. The molecule has 4 rings (SSSR count). The highest BCUT2D eigenvalue weighted by Gasteiger charge is 2.21. The maximum atomic E-state index is 11.5. The summed E-state index contributed by atoms with van der Waals surface area (Å²) >= 11 is 5.71. The van der Waals surface area contributed by atoms with Gasteiger partial charge in [-0.2, -0.15) is 5.10 Å². The van der Waals surface area contributed by atoms with E-state index < -0.39 is 0 Å². The normalized spacial score (nSPS) is 13.6. The van der Waals surface area contributed by atoms with Gasteiger partial charge in [0.1, 0.15) is 0 Å². The summed E-state index contributed by atoms with van der Waals surface area (Å²) in [5.41, 5.74) is 4.26. The van der Waals surface area contributed by atoms with Crippen molar-refractivity contribution >= 4 is 23.8 Å². The molecule has 3 heterocycles. The second-order valence-electron chi connectivity index (χ2n) is 7.32. The molecular formula is C22H24N6OS. The zero-order valence-corrected chi connectivity index (χ0v) is 17.7. The van der Waals surface area contributed by atoms with Crippen molar-refractivity contribution in [1.29, 1.82) is 0 Å². The van der Waals surface area contributed by atoms with E-state index in [1.54, 1.807) is 12.4 Å². The summed E-state index contributed by atoms with van der Waals surface area (Å²) in [6.45, 7) is 8.22. The van der Waals surface area contributed by atoms with Crippen molar-refractivity contribution in [1.82, 2.24) is 24.2 Å². The van der Waals surface area contributed by atoms with Gasteiger partial charge in [0.15, 0.2) is 10.6 Å². The molecule has 3 aromatic rings. The van der Waals surface area contributed by atoms with Crippen molar-refractivity contribution in [2.24, 2.45) is 0 Å². The van der Waals surface area contributed by atoms with Gasteiger partial charge in [-0.25, -0.2) is 4.68 Å². The maximum Gasteiger partial charge on any atom is 0.221 e. The van der Waals surface area contributed by atoms with Crippen molar-refractivity contribution < 1.29 is 4.79 Å². The molecule has 7 nitrogen and oxygen atoms in total. The third-order valence-corrected chi connectivity index (χ3v) is 5.58. The van der Waals surface area contributed by atoms with Gasteiger partial charge in [0, 0.05) is 50.2 Å². The summed E-state index contributed by atoms with van der Waals surface area (Å²) in [5.74, 6) is 0.742. The number of amides is 1. The van der Waals surface area contributed by atoms with Gasteiger partial charge in [-0.1, -0.05) is 18.2 Å². The van der Waals surface area contributed by atoms with Crippen LogP contribution in [0.4, 0.5) is 5.69 Å². The van der Waals surface area contributed by atoms with Crippen molar-refractivity contribution in [3.63, 3.8) is 0 Å². The Morgan fingerprint density at radius 3 is 2.93 bits per heavy atom. The zero-order chi connectivity index (χ0) is 21.1. The Bertz CT molecular complexity index is 1130. The summed E-state index contributed by atoms with van der Waals surface area (Å²) in [6.07, 6.45) is 6.22. The van der Waals surface area contributed by atoms with Crippen molar-refractivity contribution in [3.8, 4) is 11.4 Å². The Labute approximate surface area is 180 Å². The summed E-state index contributed by atoms with van der Waals surface area (Å²) < 4.78 is 4.50. The Balaban J connectivity index is 1.59. The molecule has 2 aromatic heterocycles. The molecule has 0 saturated heterocycles. The standard InChI is InChI=1S/C22H24N6OS/c1-3-11-27-21(17-7-5-10-23-13-17)25-28(22(27)30)15-26-12-9-19-18(14-26)6-4-8-20(19)24-16(2)29/h3-8,10,13H,1,9,11-12,14-15H2,2H3,(H,24,29). The molecule has 1 aromatic carbocycles. The van der Waals surface area contributed by atoms with Crippen LogP contribution in [-0.2, 0) is 31.0 Å². The van der Waals surface area contributed by atoms with Crippen LogP contribution in [0.15, 0.2) is 55.4 Å². The number of rotatable bonds is 6. The molecule has 0 radical (unpaired) electrons. The number of pyridine rings is 1. The number of aromatic nitrogens is 4. The fourth-order valence-corrected chi connectivity index (χ4v) is 4.08. The summed E-state index contributed by atoms with van der Waals surface area (Å²) in [7, 11) is 0. The van der Waals surface area contributed by atoms with Gasteiger partial charge < -0.3 is 5.32 Å². The predicted molar refractivity (Wildman–Crippen MR) is 119 cm³/mol. The van der Waals surface area contributed by atoms with E-state index in [-0.39, 0.29) is 5.91 Å². The highest BCUT2D eigenvalue weighted by atomic mass is 32.1. The Kier molecular flexibility index (Phi) is 5.87. The van der Waals surface area contributed by atoms with Gasteiger partial charge in [-0.15, -0.1) is 6.58 Å². The lowest BCUT2D eigenvalue weighted by Gasteiger charge is -2.29. The Morgan fingerprint density at radius 2 is 2.20 bits per heavy atom. The molecular weight excluding hydrogens is 396 g/mol. The minimum atomic E-state index is -0.0483. The van der Waals surface area contributed by atoms with Gasteiger partial charge in [0.05, 0.1) is 6.67 Å². The number of anilines is 1. The van der Waals surface area contributed by atoms with Gasteiger partial charge >= 0.3 is 0 Å². The molecule has 8 heteroatoms. The lowest BCUT2D eigenvalue weighted by molar-refractivity contribution is -0.114. The van der Waals surface area contributed by atoms with Gasteiger partial charge in [-0.05, 0) is 48.0 Å². The fourth-order valence-electron chi connectivity index (χ4n) is 3.82.